The van der Waals surface area contributed by atoms with Gasteiger partial charge in [-0.25, -0.2) is 0 Å². The van der Waals surface area contributed by atoms with Crippen LogP contribution in [-0.4, -0.2) is 0 Å². The SMILES string of the molecule is CC1(C)c2c(ccc3ccccc23)-c2ccc3c4c(ccc1c24)-c1c-3c(-c2ccccc2)c2ccccc2c1-c1ccccc1. The van der Waals surface area contributed by atoms with Crippen LogP contribution >= 0.6 is 0 Å². The lowest BCUT2D eigenvalue weighted by Gasteiger charge is -2.36. The van der Waals surface area contributed by atoms with Crippen LogP contribution in [-0.2, 0) is 5.41 Å². The second-order valence-corrected chi connectivity index (χ2v) is 13.2. The number of hydrogen-bond acceptors (Lipinski definition) is 0. The molecule has 8 aromatic carbocycles. The highest BCUT2D eigenvalue weighted by Gasteiger charge is 2.39. The zero-order valence-electron chi connectivity index (χ0n) is 25.4. The highest BCUT2D eigenvalue weighted by molar-refractivity contribution is 6.29. The standard InChI is InChI=1S/C45H30/c1-45(2)37-26-25-36-40-35(24-23-33(41(37)40)34-22-21-27-13-9-10-18-30(27)44(34)45)42-38(28-14-5-3-6-15-28)31-19-11-12-20-32(31)39(43(36)42)29-16-7-4-8-17-29/h3-26H,1-2H3. The summed E-state index contributed by atoms with van der Waals surface area (Å²) >= 11 is 0. The van der Waals surface area contributed by atoms with Crippen molar-refractivity contribution in [1.82, 2.24) is 0 Å². The van der Waals surface area contributed by atoms with Gasteiger partial charge in [0, 0.05) is 5.41 Å². The Morgan fingerprint density at radius 3 is 1.47 bits per heavy atom. The maximum atomic E-state index is 2.44. The first-order chi connectivity index (χ1) is 22.1. The van der Waals surface area contributed by atoms with E-state index < -0.39 is 0 Å². The van der Waals surface area contributed by atoms with Gasteiger partial charge in [0.1, 0.15) is 0 Å². The van der Waals surface area contributed by atoms with Crippen LogP contribution in [0, 0.1) is 0 Å². The molecule has 0 aliphatic heterocycles. The molecule has 0 saturated carbocycles. The minimum absolute atomic E-state index is 0.148. The third-order valence-electron chi connectivity index (χ3n) is 10.6. The molecular formula is C45H30. The molecule has 0 amide bonds. The maximum absolute atomic E-state index is 2.44. The topological polar surface area (TPSA) is 0 Å². The summed E-state index contributed by atoms with van der Waals surface area (Å²) in [5.74, 6) is 0. The molecule has 0 heterocycles. The summed E-state index contributed by atoms with van der Waals surface area (Å²) in [5.41, 5.74) is 16.0. The van der Waals surface area contributed by atoms with Crippen molar-refractivity contribution in [2.24, 2.45) is 0 Å². The number of hydrogen-bond donors (Lipinski definition) is 0. The van der Waals surface area contributed by atoms with E-state index >= 15 is 0 Å². The maximum Gasteiger partial charge on any atom is 0.0165 e. The van der Waals surface area contributed by atoms with Crippen molar-refractivity contribution in [3.05, 3.63) is 157 Å². The Bertz CT molecular complexity index is 2440. The fraction of sp³-hybridized carbons (Fsp3) is 0.0667. The molecule has 2 aliphatic rings. The normalized spacial score (nSPS) is 13.7. The van der Waals surface area contributed by atoms with Crippen LogP contribution in [0.25, 0.3) is 88.0 Å². The van der Waals surface area contributed by atoms with E-state index in [-0.39, 0.29) is 5.41 Å². The molecule has 10 rings (SSSR count). The molecule has 8 aromatic rings. The Morgan fingerprint density at radius 2 is 0.844 bits per heavy atom. The summed E-state index contributed by atoms with van der Waals surface area (Å²) in [7, 11) is 0. The van der Waals surface area contributed by atoms with Gasteiger partial charge in [-0.15, -0.1) is 0 Å². The van der Waals surface area contributed by atoms with E-state index in [0.717, 1.165) is 0 Å². The second-order valence-electron chi connectivity index (χ2n) is 13.2. The van der Waals surface area contributed by atoms with Crippen LogP contribution in [0.5, 0.6) is 0 Å². The summed E-state index contributed by atoms with van der Waals surface area (Å²) < 4.78 is 0. The smallest absolute Gasteiger partial charge is 0.0165 e. The predicted octanol–water partition coefficient (Wildman–Crippen LogP) is 12.4. The van der Waals surface area contributed by atoms with Gasteiger partial charge < -0.3 is 0 Å². The highest BCUT2D eigenvalue weighted by Crippen LogP contribution is 2.61. The van der Waals surface area contributed by atoms with Crippen LogP contribution in [0.15, 0.2) is 146 Å². The van der Waals surface area contributed by atoms with Crippen LogP contribution in [0.1, 0.15) is 25.0 Å². The van der Waals surface area contributed by atoms with Crippen molar-refractivity contribution >= 4 is 32.3 Å². The van der Waals surface area contributed by atoms with Crippen LogP contribution < -0.4 is 0 Å². The van der Waals surface area contributed by atoms with Crippen molar-refractivity contribution in [2.75, 3.05) is 0 Å². The average Bonchev–Trinajstić information content (AvgIpc) is 3.42. The molecule has 0 atom stereocenters. The lowest BCUT2D eigenvalue weighted by molar-refractivity contribution is 0.651. The highest BCUT2D eigenvalue weighted by atomic mass is 14.4. The monoisotopic (exact) mass is 570 g/mol. The summed E-state index contributed by atoms with van der Waals surface area (Å²) in [5, 5.41) is 8.08. The minimum Gasteiger partial charge on any atom is -0.0622 e. The molecule has 0 aromatic heterocycles. The lowest BCUT2D eigenvalue weighted by atomic mass is 9.66. The van der Waals surface area contributed by atoms with Crippen LogP contribution in [0.2, 0.25) is 0 Å². The Kier molecular flexibility index (Phi) is 4.88. The summed E-state index contributed by atoms with van der Waals surface area (Å²) in [6.45, 7) is 4.85. The number of fused-ring (bicyclic) bond motifs is 8. The Hall–Kier alpha value is -5.46. The van der Waals surface area contributed by atoms with E-state index in [1.165, 1.54) is 99.1 Å². The molecule has 0 unspecified atom stereocenters. The third kappa shape index (κ3) is 3.16. The van der Waals surface area contributed by atoms with Gasteiger partial charge >= 0.3 is 0 Å². The van der Waals surface area contributed by atoms with Gasteiger partial charge in [-0.1, -0.05) is 159 Å². The van der Waals surface area contributed by atoms with Gasteiger partial charge in [0.2, 0.25) is 0 Å². The molecule has 0 spiro atoms. The molecule has 0 bridgehead atoms. The average molecular weight is 571 g/mol. The summed E-state index contributed by atoms with van der Waals surface area (Å²) in [6, 6.07) is 54.3. The fourth-order valence-corrected chi connectivity index (χ4v) is 8.75. The quantitative estimate of drug-likeness (QED) is 0.194. The van der Waals surface area contributed by atoms with Gasteiger partial charge in [0.25, 0.3) is 0 Å². The van der Waals surface area contributed by atoms with Crippen LogP contribution in [0.4, 0.5) is 0 Å². The second kappa shape index (κ2) is 8.80. The van der Waals surface area contributed by atoms with Gasteiger partial charge in [-0.3, -0.25) is 0 Å². The van der Waals surface area contributed by atoms with Crippen molar-refractivity contribution < 1.29 is 0 Å². The molecule has 0 fully saturated rings. The molecule has 2 aliphatic carbocycles. The Balaban J connectivity index is 1.41. The first-order valence-electron chi connectivity index (χ1n) is 16.0. The van der Waals surface area contributed by atoms with Crippen LogP contribution in [0.3, 0.4) is 0 Å². The molecule has 0 nitrogen and oxygen atoms in total. The van der Waals surface area contributed by atoms with Gasteiger partial charge in [0.05, 0.1) is 0 Å². The van der Waals surface area contributed by atoms with E-state index in [2.05, 4.69) is 159 Å². The van der Waals surface area contributed by atoms with Crippen molar-refractivity contribution in [2.45, 2.75) is 19.3 Å². The van der Waals surface area contributed by atoms with Gasteiger partial charge in [0.15, 0.2) is 0 Å². The van der Waals surface area contributed by atoms with Crippen molar-refractivity contribution in [1.29, 1.82) is 0 Å². The molecule has 0 N–H and O–H groups in total. The van der Waals surface area contributed by atoms with E-state index in [4.69, 9.17) is 0 Å². The Labute approximate surface area is 263 Å². The van der Waals surface area contributed by atoms with E-state index in [1.807, 2.05) is 0 Å². The zero-order chi connectivity index (χ0) is 29.9. The summed E-state index contributed by atoms with van der Waals surface area (Å²) in [6.07, 6.45) is 0. The third-order valence-corrected chi connectivity index (χ3v) is 10.6. The van der Waals surface area contributed by atoms with E-state index in [0.29, 0.717) is 0 Å². The zero-order valence-corrected chi connectivity index (χ0v) is 25.4. The van der Waals surface area contributed by atoms with Gasteiger partial charge in [-0.05, 0) is 99.1 Å². The van der Waals surface area contributed by atoms with Gasteiger partial charge in [-0.2, -0.15) is 0 Å². The molecule has 45 heavy (non-hydrogen) atoms. The number of benzene rings is 8. The Morgan fingerprint density at radius 1 is 0.356 bits per heavy atom. The van der Waals surface area contributed by atoms with Crippen molar-refractivity contribution in [3.8, 4) is 55.6 Å². The fourth-order valence-electron chi connectivity index (χ4n) is 8.75. The molecule has 0 saturated heterocycles. The first-order valence-corrected chi connectivity index (χ1v) is 16.0. The van der Waals surface area contributed by atoms with E-state index in [1.54, 1.807) is 0 Å². The van der Waals surface area contributed by atoms with E-state index in [9.17, 15) is 0 Å². The minimum atomic E-state index is -0.148. The molecule has 210 valence electrons. The largest absolute Gasteiger partial charge is 0.0622 e. The molecule has 0 radical (unpaired) electrons. The number of rotatable bonds is 2. The summed E-state index contributed by atoms with van der Waals surface area (Å²) in [4.78, 5) is 0. The molecular weight excluding hydrogens is 540 g/mol. The lowest BCUT2D eigenvalue weighted by Crippen LogP contribution is -2.24. The van der Waals surface area contributed by atoms with Crippen molar-refractivity contribution in [3.63, 3.8) is 0 Å². The molecule has 0 heteroatoms. The predicted molar refractivity (Wildman–Crippen MR) is 192 cm³/mol. The first kappa shape index (κ1) is 24.9.